The summed E-state index contributed by atoms with van der Waals surface area (Å²) < 4.78 is 0. The molecule has 0 spiro atoms. The first-order chi connectivity index (χ1) is 8.20. The summed E-state index contributed by atoms with van der Waals surface area (Å²) in [6, 6.07) is 10.2. The van der Waals surface area contributed by atoms with Gasteiger partial charge in [0.25, 0.3) is 0 Å². The number of rotatable bonds is 3. The Morgan fingerprint density at radius 2 is 2.18 bits per heavy atom. The van der Waals surface area contributed by atoms with E-state index in [0.717, 1.165) is 13.1 Å². The quantitative estimate of drug-likeness (QED) is 0.862. The van der Waals surface area contributed by atoms with Crippen LogP contribution in [0, 0.1) is 6.92 Å². The van der Waals surface area contributed by atoms with E-state index in [-0.39, 0.29) is 0 Å². The molecule has 1 aliphatic heterocycles. The van der Waals surface area contributed by atoms with Crippen molar-refractivity contribution in [3.8, 4) is 0 Å². The molecule has 1 aromatic carbocycles. The van der Waals surface area contributed by atoms with Crippen LogP contribution < -0.4 is 10.2 Å². The van der Waals surface area contributed by atoms with Crippen LogP contribution in [-0.2, 0) is 0 Å². The summed E-state index contributed by atoms with van der Waals surface area (Å²) >= 11 is 0. The van der Waals surface area contributed by atoms with E-state index in [1.54, 1.807) is 0 Å². The monoisotopic (exact) mass is 232 g/mol. The van der Waals surface area contributed by atoms with Crippen LogP contribution in [0.1, 0.15) is 32.3 Å². The lowest BCUT2D eigenvalue weighted by Gasteiger charge is -2.37. The molecule has 0 saturated carbocycles. The van der Waals surface area contributed by atoms with E-state index in [0.29, 0.717) is 12.1 Å². The molecule has 2 unspecified atom stereocenters. The molecule has 0 radical (unpaired) electrons. The van der Waals surface area contributed by atoms with Crippen molar-refractivity contribution in [2.24, 2.45) is 0 Å². The minimum Gasteiger partial charge on any atom is -0.368 e. The van der Waals surface area contributed by atoms with Crippen LogP contribution in [0.2, 0.25) is 0 Å². The summed E-state index contributed by atoms with van der Waals surface area (Å²) in [5, 5.41) is 3.59. The molecule has 2 rings (SSSR count). The molecule has 0 amide bonds. The molecule has 1 saturated heterocycles. The van der Waals surface area contributed by atoms with Crippen LogP contribution in [0.5, 0.6) is 0 Å². The van der Waals surface area contributed by atoms with Crippen molar-refractivity contribution in [1.29, 1.82) is 0 Å². The second-order valence-corrected chi connectivity index (χ2v) is 5.17. The van der Waals surface area contributed by atoms with Gasteiger partial charge in [-0.15, -0.1) is 0 Å². The number of nitrogens with zero attached hydrogens (tertiary/aromatic N) is 1. The Bertz CT molecular complexity index is 354. The van der Waals surface area contributed by atoms with Crippen molar-refractivity contribution in [3.63, 3.8) is 0 Å². The van der Waals surface area contributed by atoms with Crippen LogP contribution >= 0.6 is 0 Å². The number of hydrogen-bond donors (Lipinski definition) is 1. The van der Waals surface area contributed by atoms with E-state index in [9.17, 15) is 0 Å². The molecule has 1 N–H and O–H groups in total. The highest BCUT2D eigenvalue weighted by Crippen LogP contribution is 2.22. The molecular weight excluding hydrogens is 208 g/mol. The Balaban J connectivity index is 2.10. The fourth-order valence-electron chi connectivity index (χ4n) is 2.71. The summed E-state index contributed by atoms with van der Waals surface area (Å²) in [6.07, 6.45) is 2.59. The Labute approximate surface area is 105 Å². The molecule has 2 heteroatoms. The van der Waals surface area contributed by atoms with Gasteiger partial charge in [-0.25, -0.2) is 0 Å². The van der Waals surface area contributed by atoms with Crippen molar-refractivity contribution in [3.05, 3.63) is 29.8 Å². The van der Waals surface area contributed by atoms with Crippen molar-refractivity contribution >= 4 is 5.69 Å². The first-order valence-electron chi connectivity index (χ1n) is 6.77. The van der Waals surface area contributed by atoms with Crippen LogP contribution in [-0.4, -0.2) is 25.2 Å². The van der Waals surface area contributed by atoms with Crippen LogP contribution in [0.4, 0.5) is 5.69 Å². The normalized spacial score (nSPS) is 24.6. The summed E-state index contributed by atoms with van der Waals surface area (Å²) in [4.78, 5) is 2.53. The highest BCUT2D eigenvalue weighted by Gasteiger charge is 2.22. The number of benzene rings is 1. The zero-order valence-electron chi connectivity index (χ0n) is 11.2. The van der Waals surface area contributed by atoms with E-state index < -0.39 is 0 Å². The number of nitrogens with one attached hydrogen (secondary N) is 1. The van der Waals surface area contributed by atoms with Gasteiger partial charge in [0.1, 0.15) is 0 Å². The standard InChI is InChI=1S/C15H24N2/c1-4-17(14-7-5-6-12(2)10-14)15-9-8-13(3)16-11-15/h5-7,10,13,15-16H,4,8-9,11H2,1-3H3. The fourth-order valence-corrected chi connectivity index (χ4v) is 2.71. The molecule has 0 aliphatic carbocycles. The molecule has 2 atom stereocenters. The molecule has 1 heterocycles. The van der Waals surface area contributed by atoms with E-state index >= 15 is 0 Å². The molecule has 2 nitrogen and oxygen atoms in total. The van der Waals surface area contributed by atoms with Crippen molar-refractivity contribution in [1.82, 2.24) is 5.32 Å². The minimum atomic E-state index is 0.651. The third-order valence-corrected chi connectivity index (χ3v) is 3.75. The number of likely N-dealkylation sites (N-methyl/N-ethyl adjacent to an activating group) is 1. The average molecular weight is 232 g/mol. The second-order valence-electron chi connectivity index (χ2n) is 5.17. The maximum Gasteiger partial charge on any atom is 0.0415 e. The van der Waals surface area contributed by atoms with Crippen LogP contribution in [0.25, 0.3) is 0 Å². The topological polar surface area (TPSA) is 15.3 Å². The first-order valence-corrected chi connectivity index (χ1v) is 6.77. The zero-order chi connectivity index (χ0) is 12.3. The van der Waals surface area contributed by atoms with Gasteiger partial charge in [0.05, 0.1) is 0 Å². The molecule has 1 aliphatic rings. The third kappa shape index (κ3) is 3.01. The molecule has 1 fully saturated rings. The summed E-state index contributed by atoms with van der Waals surface area (Å²) in [7, 11) is 0. The van der Waals surface area contributed by atoms with Gasteiger partial charge in [-0.3, -0.25) is 0 Å². The van der Waals surface area contributed by atoms with Gasteiger partial charge in [-0.2, -0.15) is 0 Å². The van der Waals surface area contributed by atoms with Crippen LogP contribution in [0.3, 0.4) is 0 Å². The molecule has 17 heavy (non-hydrogen) atoms. The maximum atomic E-state index is 3.59. The number of aryl methyl sites for hydroxylation is 1. The molecule has 94 valence electrons. The number of hydrogen-bond acceptors (Lipinski definition) is 2. The fraction of sp³-hybridized carbons (Fsp3) is 0.600. The van der Waals surface area contributed by atoms with Crippen molar-refractivity contribution in [2.75, 3.05) is 18.0 Å². The number of anilines is 1. The van der Waals surface area contributed by atoms with E-state index in [4.69, 9.17) is 0 Å². The predicted molar refractivity (Wildman–Crippen MR) is 74.7 cm³/mol. The molecule has 0 aromatic heterocycles. The second kappa shape index (κ2) is 5.54. The van der Waals surface area contributed by atoms with Gasteiger partial charge in [0.2, 0.25) is 0 Å². The lowest BCUT2D eigenvalue weighted by Crippen LogP contribution is -2.49. The van der Waals surface area contributed by atoms with Crippen molar-refractivity contribution in [2.45, 2.75) is 45.7 Å². The SMILES string of the molecule is CCN(c1cccc(C)c1)C1CCC(C)NC1. The molecule has 0 bridgehead atoms. The van der Waals surface area contributed by atoms with E-state index in [1.165, 1.54) is 24.1 Å². The van der Waals surface area contributed by atoms with Gasteiger partial charge < -0.3 is 10.2 Å². The lowest BCUT2D eigenvalue weighted by molar-refractivity contribution is 0.370. The smallest absolute Gasteiger partial charge is 0.0415 e. The average Bonchev–Trinajstić information content (AvgIpc) is 2.33. The molecular formula is C15H24N2. The highest BCUT2D eigenvalue weighted by molar-refractivity contribution is 5.49. The van der Waals surface area contributed by atoms with Gasteiger partial charge in [0.15, 0.2) is 0 Å². The van der Waals surface area contributed by atoms with Crippen molar-refractivity contribution < 1.29 is 0 Å². The first kappa shape index (κ1) is 12.4. The van der Waals surface area contributed by atoms with E-state index in [2.05, 4.69) is 55.3 Å². The largest absolute Gasteiger partial charge is 0.368 e. The van der Waals surface area contributed by atoms with Gasteiger partial charge >= 0.3 is 0 Å². The number of piperidine rings is 1. The van der Waals surface area contributed by atoms with Gasteiger partial charge in [0, 0.05) is 30.9 Å². The highest BCUT2D eigenvalue weighted by atomic mass is 15.2. The Kier molecular flexibility index (Phi) is 4.06. The molecule has 1 aromatic rings. The zero-order valence-corrected chi connectivity index (χ0v) is 11.2. The predicted octanol–water partition coefficient (Wildman–Crippen LogP) is 2.96. The third-order valence-electron chi connectivity index (χ3n) is 3.75. The lowest BCUT2D eigenvalue weighted by atomic mass is 10.00. The summed E-state index contributed by atoms with van der Waals surface area (Å²) in [6.45, 7) is 8.89. The summed E-state index contributed by atoms with van der Waals surface area (Å²) in [5.41, 5.74) is 2.71. The summed E-state index contributed by atoms with van der Waals surface area (Å²) in [5.74, 6) is 0. The van der Waals surface area contributed by atoms with Crippen LogP contribution in [0.15, 0.2) is 24.3 Å². The Hall–Kier alpha value is -1.02. The van der Waals surface area contributed by atoms with Gasteiger partial charge in [-0.05, 0) is 51.3 Å². The van der Waals surface area contributed by atoms with Gasteiger partial charge in [-0.1, -0.05) is 12.1 Å². The Morgan fingerprint density at radius 1 is 1.35 bits per heavy atom. The maximum absolute atomic E-state index is 3.59. The Morgan fingerprint density at radius 3 is 2.76 bits per heavy atom. The van der Waals surface area contributed by atoms with E-state index in [1.807, 2.05) is 0 Å². The minimum absolute atomic E-state index is 0.651.